The third-order valence-corrected chi connectivity index (χ3v) is 11.8. The first-order valence-corrected chi connectivity index (χ1v) is 17.7. The highest BCUT2D eigenvalue weighted by Gasteiger charge is 2.75. The summed E-state index contributed by atoms with van der Waals surface area (Å²) < 4.78 is 27.5. The van der Waals surface area contributed by atoms with Gasteiger partial charge in [0, 0.05) is 16.7 Å². The van der Waals surface area contributed by atoms with Crippen molar-refractivity contribution in [3.63, 3.8) is 0 Å². The molecule has 4 N–H and O–H groups in total. The predicted octanol–water partition coefficient (Wildman–Crippen LogP) is 4.47. The van der Waals surface area contributed by atoms with Crippen LogP contribution in [-0.2, 0) is 25.6 Å². The van der Waals surface area contributed by atoms with E-state index in [4.69, 9.17) is 9.47 Å². The summed E-state index contributed by atoms with van der Waals surface area (Å²) in [4.78, 5) is 48.0. The van der Waals surface area contributed by atoms with Gasteiger partial charge >= 0.3 is 11.9 Å². The van der Waals surface area contributed by atoms with Gasteiger partial charge in [0.05, 0.1) is 17.9 Å². The average Bonchev–Trinajstić information content (AvgIpc) is 3.26. The van der Waals surface area contributed by atoms with Crippen molar-refractivity contribution in [1.82, 2.24) is 5.32 Å². The van der Waals surface area contributed by atoms with Gasteiger partial charge in [-0.1, -0.05) is 59.3 Å². The van der Waals surface area contributed by atoms with Crippen LogP contribution in [0.2, 0.25) is 0 Å². The van der Waals surface area contributed by atoms with E-state index in [2.05, 4.69) is 5.32 Å². The smallest absolute Gasteiger partial charge is 0.313 e. The fourth-order valence-electron chi connectivity index (χ4n) is 8.85. The van der Waals surface area contributed by atoms with Crippen LogP contribution in [0.3, 0.4) is 0 Å². The number of hydrogen-bond donors (Lipinski definition) is 4. The Kier molecular flexibility index (Phi) is 11.7. The summed E-state index contributed by atoms with van der Waals surface area (Å²) >= 11 is 0. The Bertz CT molecular complexity index is 1550. The third kappa shape index (κ3) is 6.62. The quantitative estimate of drug-likeness (QED) is 0.214. The number of benzene rings is 1. The molecule has 0 amide bonds. The molecule has 8 atom stereocenters. The van der Waals surface area contributed by atoms with Crippen molar-refractivity contribution in [3.8, 4) is 11.5 Å². The van der Waals surface area contributed by atoms with Crippen LogP contribution in [0.15, 0.2) is 42.0 Å². The van der Waals surface area contributed by atoms with Gasteiger partial charge in [-0.05, 0) is 94.3 Å². The molecular formula is C39H54FNO9. The zero-order valence-electron chi connectivity index (χ0n) is 30.5. The van der Waals surface area contributed by atoms with Gasteiger partial charge in [0.25, 0.3) is 0 Å². The Morgan fingerprint density at radius 1 is 1.04 bits per heavy atom. The van der Waals surface area contributed by atoms with Crippen molar-refractivity contribution in [3.05, 3.63) is 47.6 Å². The van der Waals surface area contributed by atoms with E-state index in [9.17, 15) is 34.5 Å². The highest BCUT2D eigenvalue weighted by molar-refractivity contribution is 6.01. The number of ether oxygens (including phenoxy) is 2. The molecule has 1 aromatic rings. The van der Waals surface area contributed by atoms with Gasteiger partial charge < -0.3 is 30.1 Å². The maximum absolute atomic E-state index is 16.9. The van der Waals surface area contributed by atoms with Crippen LogP contribution in [0, 0.1) is 40.4 Å². The van der Waals surface area contributed by atoms with Gasteiger partial charge in [-0.25, -0.2) is 4.39 Å². The Morgan fingerprint density at radius 3 is 2.24 bits per heavy atom. The van der Waals surface area contributed by atoms with E-state index >= 15 is 4.39 Å². The normalized spacial score (nSPS) is 34.2. The number of aliphatic hydroxyl groups is 3. The van der Waals surface area contributed by atoms with Crippen LogP contribution >= 0.6 is 0 Å². The Hall–Kier alpha value is -3.25. The van der Waals surface area contributed by atoms with Crippen molar-refractivity contribution < 1.29 is 48.4 Å². The SMILES string of the molecule is CNCCc1ccc(OC(=O)C(C)C)c(OC(=O)C(C)C)c1.C[C@@H]1C[C@H]2[C@@H]3CCC4=CC(=O)C=C[C@]4(C)[C@@]3(F)[C@@H](O)C[C@]2(C)[C@@]1(O)C(=O)CO. The minimum Gasteiger partial charge on any atom is -0.422 e. The number of carbonyl (C=O) groups is 4. The summed E-state index contributed by atoms with van der Waals surface area (Å²) in [7, 11) is 1.87. The number of esters is 2. The van der Waals surface area contributed by atoms with Crippen molar-refractivity contribution >= 4 is 23.5 Å². The zero-order valence-corrected chi connectivity index (χ0v) is 30.5. The molecule has 11 heteroatoms. The van der Waals surface area contributed by atoms with Crippen molar-refractivity contribution in [1.29, 1.82) is 0 Å². The van der Waals surface area contributed by atoms with Gasteiger partial charge in [0.1, 0.15) is 12.2 Å². The fourth-order valence-corrected chi connectivity index (χ4v) is 8.85. The molecule has 0 aromatic heterocycles. The van der Waals surface area contributed by atoms with Crippen LogP contribution in [0.5, 0.6) is 11.5 Å². The lowest BCUT2D eigenvalue weighted by Crippen LogP contribution is -2.69. The fraction of sp³-hybridized carbons (Fsp3) is 0.641. The summed E-state index contributed by atoms with van der Waals surface area (Å²) in [5, 5.41) is 35.0. The van der Waals surface area contributed by atoms with E-state index < -0.39 is 52.4 Å². The van der Waals surface area contributed by atoms with Crippen molar-refractivity contribution in [2.24, 2.45) is 40.4 Å². The minimum atomic E-state index is -1.98. The number of nitrogens with one attached hydrogen (secondary N) is 1. The molecule has 0 heterocycles. The third-order valence-electron chi connectivity index (χ3n) is 11.8. The second kappa shape index (κ2) is 14.8. The van der Waals surface area contributed by atoms with Gasteiger partial charge in [-0.3, -0.25) is 19.2 Å². The van der Waals surface area contributed by atoms with Gasteiger partial charge in [0.2, 0.25) is 0 Å². The number of aliphatic hydroxyl groups excluding tert-OH is 2. The topological polar surface area (TPSA) is 159 Å². The number of fused-ring (bicyclic) bond motifs is 5. The number of alkyl halides is 1. The van der Waals surface area contributed by atoms with E-state index in [1.54, 1.807) is 66.7 Å². The molecule has 10 nitrogen and oxygen atoms in total. The number of likely N-dealkylation sites (N-methyl/N-ethyl adjacent to an activating group) is 1. The molecule has 4 aliphatic carbocycles. The van der Waals surface area contributed by atoms with Gasteiger partial charge in [0.15, 0.2) is 28.7 Å². The Labute approximate surface area is 294 Å². The van der Waals surface area contributed by atoms with Crippen LogP contribution < -0.4 is 14.8 Å². The number of halogens is 1. The minimum absolute atomic E-state index is 0.0676. The lowest BCUT2D eigenvalue weighted by atomic mass is 9.44. The summed E-state index contributed by atoms with van der Waals surface area (Å²) in [5.74, 6) is -2.77. The predicted molar refractivity (Wildman–Crippen MR) is 185 cm³/mol. The van der Waals surface area contributed by atoms with E-state index in [1.165, 1.54) is 12.2 Å². The summed E-state index contributed by atoms with van der Waals surface area (Å²) in [6.45, 7) is 12.3. The standard InChI is InChI=1S/C22H29FO5.C17H25NO4/c1-12-8-16-15-5-4-13-9-14(25)6-7-19(13,2)21(15,23)17(26)10-20(16,3)22(12,28)18(27)11-24;1-11(2)16(19)21-14-7-6-13(8-9-18-5)10-15(14)22-17(20)12(3)4/h6-7,9,12,15-17,24,26,28H,4-5,8,10-11H2,1-3H3;6-7,10-12,18H,8-9H2,1-5H3/t12-,15+,16+,17+,19+,20+,21+,22+;/m1./s1. The van der Waals surface area contributed by atoms with E-state index in [0.717, 1.165) is 18.5 Å². The largest absolute Gasteiger partial charge is 0.422 e. The maximum Gasteiger partial charge on any atom is 0.313 e. The molecule has 276 valence electrons. The first-order chi connectivity index (χ1) is 23.3. The molecule has 0 radical (unpaired) electrons. The molecule has 0 saturated heterocycles. The Balaban J connectivity index is 0.000000233. The second-order valence-corrected chi connectivity index (χ2v) is 15.5. The molecule has 1 aromatic carbocycles. The summed E-state index contributed by atoms with van der Waals surface area (Å²) in [6.07, 6.45) is 5.23. The molecule has 3 saturated carbocycles. The first kappa shape index (κ1) is 39.5. The molecule has 50 heavy (non-hydrogen) atoms. The second-order valence-electron chi connectivity index (χ2n) is 15.5. The lowest BCUT2D eigenvalue weighted by Gasteiger charge is -2.62. The number of carbonyl (C=O) groups excluding carboxylic acids is 4. The number of ketones is 2. The summed E-state index contributed by atoms with van der Waals surface area (Å²) in [6, 6.07) is 5.29. The summed E-state index contributed by atoms with van der Waals surface area (Å²) in [5.41, 5.74) is -4.16. The molecule has 0 bridgehead atoms. The van der Waals surface area contributed by atoms with Crippen LogP contribution in [0.4, 0.5) is 4.39 Å². The molecule has 5 rings (SSSR count). The molecule has 0 aliphatic heterocycles. The van der Waals surface area contributed by atoms with Gasteiger partial charge in [-0.2, -0.15) is 0 Å². The monoisotopic (exact) mass is 699 g/mol. The van der Waals surface area contributed by atoms with Crippen molar-refractivity contribution in [2.45, 2.75) is 97.9 Å². The van der Waals surface area contributed by atoms with Gasteiger partial charge in [-0.15, -0.1) is 0 Å². The van der Waals surface area contributed by atoms with E-state index in [0.29, 0.717) is 30.6 Å². The van der Waals surface area contributed by atoms with E-state index in [1.807, 2.05) is 13.1 Å². The van der Waals surface area contributed by atoms with E-state index in [-0.39, 0.29) is 47.6 Å². The highest BCUT2D eigenvalue weighted by Crippen LogP contribution is 2.70. The van der Waals surface area contributed by atoms with Crippen LogP contribution in [0.25, 0.3) is 0 Å². The lowest BCUT2D eigenvalue weighted by molar-refractivity contribution is -0.219. The van der Waals surface area contributed by atoms with Crippen LogP contribution in [0.1, 0.15) is 79.7 Å². The average molecular weight is 700 g/mol. The zero-order chi connectivity index (χ0) is 37.4. The van der Waals surface area contributed by atoms with Crippen molar-refractivity contribution in [2.75, 3.05) is 20.2 Å². The maximum atomic E-state index is 16.9. The number of rotatable bonds is 9. The molecular weight excluding hydrogens is 645 g/mol. The van der Waals surface area contributed by atoms with Crippen LogP contribution in [-0.4, -0.2) is 76.4 Å². The molecule has 0 unspecified atom stereocenters. The number of Topliss-reactive ketones (excluding diaryl/α,β-unsaturated/α-hetero) is 1. The Morgan fingerprint density at radius 2 is 1.66 bits per heavy atom. The first-order valence-electron chi connectivity index (χ1n) is 17.7. The molecule has 0 spiro atoms. The molecule has 3 fully saturated rings. The number of hydrogen-bond acceptors (Lipinski definition) is 10. The number of allylic oxidation sites excluding steroid dienone is 4. The molecule has 4 aliphatic rings. The highest BCUT2D eigenvalue weighted by atomic mass is 19.1.